The van der Waals surface area contributed by atoms with Crippen LogP contribution in [0.2, 0.25) is 0 Å². The molecular weight excluding hydrogens is 398 g/mol. The number of nitrogens with one attached hydrogen (secondary N) is 2. The highest BCUT2D eigenvalue weighted by molar-refractivity contribution is 5.97. The SMILES string of the molecule is CCC1CC(NC(=O)c2cn(C3CCCCC3)c3ccccc3c2=O)CC(CC(C)C)N1. The van der Waals surface area contributed by atoms with Crippen LogP contribution in [0.1, 0.15) is 95.0 Å². The molecule has 1 saturated carbocycles. The van der Waals surface area contributed by atoms with Crippen molar-refractivity contribution in [3.63, 3.8) is 0 Å². The van der Waals surface area contributed by atoms with Crippen LogP contribution in [0.4, 0.5) is 0 Å². The lowest BCUT2D eigenvalue weighted by atomic mass is 9.88. The number of hydrogen-bond donors (Lipinski definition) is 2. The number of carbonyl (C=O) groups is 1. The molecule has 1 aliphatic carbocycles. The molecule has 0 spiro atoms. The van der Waals surface area contributed by atoms with Gasteiger partial charge < -0.3 is 15.2 Å². The largest absolute Gasteiger partial charge is 0.349 e. The first-order valence-electron chi connectivity index (χ1n) is 12.7. The van der Waals surface area contributed by atoms with Crippen molar-refractivity contribution in [1.29, 1.82) is 0 Å². The standard InChI is InChI=1S/C27H39N3O2/c1-4-19-15-21(16-20(28-19)14-18(2)3)29-27(32)24-17-30(22-10-6-5-7-11-22)25-13-9-8-12-23(25)26(24)31/h8-9,12-13,17-22,28H,4-7,10-11,14-16H2,1-3H3,(H,29,32). The summed E-state index contributed by atoms with van der Waals surface area (Å²) in [6.45, 7) is 6.68. The first-order chi connectivity index (χ1) is 15.5. The fourth-order valence-corrected chi connectivity index (χ4v) is 5.78. The molecule has 1 amide bonds. The van der Waals surface area contributed by atoms with Crippen molar-refractivity contribution in [2.45, 2.75) is 103 Å². The van der Waals surface area contributed by atoms with Gasteiger partial charge in [0.25, 0.3) is 5.91 Å². The maximum atomic E-state index is 13.4. The zero-order chi connectivity index (χ0) is 22.7. The molecule has 0 radical (unpaired) electrons. The van der Waals surface area contributed by atoms with Gasteiger partial charge in [-0.25, -0.2) is 0 Å². The van der Waals surface area contributed by atoms with Crippen molar-refractivity contribution in [2.24, 2.45) is 5.92 Å². The molecule has 2 N–H and O–H groups in total. The van der Waals surface area contributed by atoms with Crippen LogP contribution in [0.5, 0.6) is 0 Å². The molecule has 1 saturated heterocycles. The number of nitrogens with zero attached hydrogens (tertiary/aromatic N) is 1. The van der Waals surface area contributed by atoms with Crippen LogP contribution >= 0.6 is 0 Å². The number of aromatic nitrogens is 1. The van der Waals surface area contributed by atoms with E-state index in [-0.39, 0.29) is 17.4 Å². The number of pyridine rings is 1. The number of benzene rings is 1. The van der Waals surface area contributed by atoms with Gasteiger partial charge in [0.1, 0.15) is 5.56 Å². The summed E-state index contributed by atoms with van der Waals surface area (Å²) in [6, 6.07) is 9.04. The Hall–Kier alpha value is -2.14. The third-order valence-electron chi connectivity index (χ3n) is 7.35. The Morgan fingerprint density at radius 3 is 2.56 bits per heavy atom. The highest BCUT2D eigenvalue weighted by atomic mass is 16.2. The average molecular weight is 438 g/mol. The molecule has 1 aromatic heterocycles. The van der Waals surface area contributed by atoms with Gasteiger partial charge in [-0.2, -0.15) is 0 Å². The first kappa shape index (κ1) is 23.0. The normalized spacial score (nSPS) is 24.7. The second kappa shape index (κ2) is 10.2. The molecule has 1 aliphatic heterocycles. The van der Waals surface area contributed by atoms with E-state index in [4.69, 9.17) is 0 Å². The van der Waals surface area contributed by atoms with E-state index in [1.807, 2.05) is 30.5 Å². The van der Waals surface area contributed by atoms with Crippen molar-refractivity contribution < 1.29 is 4.79 Å². The minimum Gasteiger partial charge on any atom is -0.349 e. The number of fused-ring (bicyclic) bond motifs is 1. The van der Waals surface area contributed by atoms with Crippen LogP contribution in [0, 0.1) is 5.92 Å². The lowest BCUT2D eigenvalue weighted by Crippen LogP contribution is -2.53. The summed E-state index contributed by atoms with van der Waals surface area (Å²) in [5.74, 6) is 0.401. The molecule has 32 heavy (non-hydrogen) atoms. The van der Waals surface area contributed by atoms with E-state index in [0.717, 1.165) is 44.0 Å². The lowest BCUT2D eigenvalue weighted by molar-refractivity contribution is 0.0912. The van der Waals surface area contributed by atoms with E-state index in [0.29, 0.717) is 35.0 Å². The van der Waals surface area contributed by atoms with Crippen molar-refractivity contribution in [1.82, 2.24) is 15.2 Å². The molecule has 4 rings (SSSR count). The number of para-hydroxylation sites is 1. The molecule has 5 nitrogen and oxygen atoms in total. The fraction of sp³-hybridized carbons (Fsp3) is 0.630. The number of carbonyl (C=O) groups excluding carboxylic acids is 1. The van der Waals surface area contributed by atoms with Crippen LogP contribution in [0.15, 0.2) is 35.3 Å². The van der Waals surface area contributed by atoms with Crippen LogP contribution in [-0.4, -0.2) is 28.6 Å². The van der Waals surface area contributed by atoms with E-state index in [2.05, 4.69) is 36.0 Å². The molecule has 3 unspecified atom stereocenters. The Balaban J connectivity index is 1.61. The lowest BCUT2D eigenvalue weighted by Gasteiger charge is -2.37. The Bertz CT molecular complexity index is 990. The minimum atomic E-state index is -0.213. The Morgan fingerprint density at radius 2 is 1.84 bits per heavy atom. The van der Waals surface area contributed by atoms with Gasteiger partial charge in [0, 0.05) is 35.8 Å². The van der Waals surface area contributed by atoms with Gasteiger partial charge in [0.2, 0.25) is 5.43 Å². The highest BCUT2D eigenvalue weighted by Gasteiger charge is 2.30. The maximum absolute atomic E-state index is 13.4. The predicted molar refractivity (Wildman–Crippen MR) is 131 cm³/mol. The summed E-state index contributed by atoms with van der Waals surface area (Å²) in [5, 5.41) is 7.65. The van der Waals surface area contributed by atoms with Crippen molar-refractivity contribution in [3.05, 3.63) is 46.2 Å². The van der Waals surface area contributed by atoms with E-state index in [1.165, 1.54) is 19.3 Å². The van der Waals surface area contributed by atoms with E-state index < -0.39 is 0 Å². The number of rotatable bonds is 6. The summed E-state index contributed by atoms with van der Waals surface area (Å²) in [4.78, 5) is 26.7. The van der Waals surface area contributed by atoms with Gasteiger partial charge >= 0.3 is 0 Å². The van der Waals surface area contributed by atoms with Crippen molar-refractivity contribution in [2.75, 3.05) is 0 Å². The van der Waals surface area contributed by atoms with Crippen LogP contribution in [0.3, 0.4) is 0 Å². The number of piperidine rings is 1. The fourth-order valence-electron chi connectivity index (χ4n) is 5.78. The Labute approximate surface area is 192 Å². The second-order valence-electron chi connectivity index (χ2n) is 10.3. The van der Waals surface area contributed by atoms with Crippen molar-refractivity contribution >= 4 is 16.8 Å². The molecule has 2 aromatic rings. The molecule has 0 bridgehead atoms. The molecule has 2 fully saturated rings. The van der Waals surface area contributed by atoms with Gasteiger partial charge in [-0.3, -0.25) is 9.59 Å². The quantitative estimate of drug-likeness (QED) is 0.654. The smallest absolute Gasteiger partial charge is 0.256 e. The molecular formula is C27H39N3O2. The van der Waals surface area contributed by atoms with E-state index >= 15 is 0 Å². The van der Waals surface area contributed by atoms with Crippen LogP contribution in [-0.2, 0) is 0 Å². The number of amides is 1. The van der Waals surface area contributed by atoms with Gasteiger partial charge in [-0.05, 0) is 56.6 Å². The van der Waals surface area contributed by atoms with E-state index in [1.54, 1.807) is 0 Å². The summed E-state index contributed by atoms with van der Waals surface area (Å²) >= 11 is 0. The van der Waals surface area contributed by atoms with Gasteiger partial charge in [-0.1, -0.05) is 52.2 Å². The molecule has 2 heterocycles. The monoisotopic (exact) mass is 437 g/mol. The molecule has 1 aromatic carbocycles. The Morgan fingerprint density at radius 1 is 1.12 bits per heavy atom. The minimum absolute atomic E-state index is 0.103. The van der Waals surface area contributed by atoms with Gasteiger partial charge in [0.05, 0.1) is 5.52 Å². The van der Waals surface area contributed by atoms with E-state index in [9.17, 15) is 9.59 Å². The predicted octanol–water partition coefficient (Wildman–Crippen LogP) is 5.18. The first-order valence-corrected chi connectivity index (χ1v) is 12.7. The summed E-state index contributed by atoms with van der Waals surface area (Å²) in [6.07, 6.45) is 11.7. The zero-order valence-electron chi connectivity index (χ0n) is 19.9. The van der Waals surface area contributed by atoms with Gasteiger partial charge in [0.15, 0.2) is 0 Å². The zero-order valence-corrected chi connectivity index (χ0v) is 19.9. The maximum Gasteiger partial charge on any atom is 0.256 e. The molecule has 2 aliphatic rings. The highest BCUT2D eigenvalue weighted by Crippen LogP contribution is 2.30. The van der Waals surface area contributed by atoms with Crippen LogP contribution < -0.4 is 16.1 Å². The summed E-state index contributed by atoms with van der Waals surface area (Å²) < 4.78 is 2.21. The van der Waals surface area contributed by atoms with Gasteiger partial charge in [-0.15, -0.1) is 0 Å². The summed E-state index contributed by atoms with van der Waals surface area (Å²) in [7, 11) is 0. The molecule has 3 atom stereocenters. The average Bonchev–Trinajstić information content (AvgIpc) is 2.79. The second-order valence-corrected chi connectivity index (χ2v) is 10.3. The topological polar surface area (TPSA) is 63.1 Å². The third-order valence-corrected chi connectivity index (χ3v) is 7.35. The third kappa shape index (κ3) is 5.09. The molecule has 174 valence electrons. The molecule has 5 heteroatoms. The number of hydrogen-bond acceptors (Lipinski definition) is 3. The van der Waals surface area contributed by atoms with Crippen LogP contribution in [0.25, 0.3) is 10.9 Å². The Kier molecular flexibility index (Phi) is 7.34. The summed E-state index contributed by atoms with van der Waals surface area (Å²) in [5.41, 5.74) is 1.09. The van der Waals surface area contributed by atoms with Crippen molar-refractivity contribution in [3.8, 4) is 0 Å².